The maximum atomic E-state index is 12.4. The molecule has 2 heterocycles. The number of nitrogens with one attached hydrogen (secondary N) is 1. The minimum Gasteiger partial charge on any atom is -0.484 e. The molecule has 0 saturated carbocycles. The van der Waals surface area contributed by atoms with Crippen LogP contribution in [0.4, 0.5) is 5.13 Å². The van der Waals surface area contributed by atoms with Gasteiger partial charge in [0.2, 0.25) is 5.91 Å². The summed E-state index contributed by atoms with van der Waals surface area (Å²) >= 11 is 2.62. The monoisotopic (exact) mass is 488 g/mol. The summed E-state index contributed by atoms with van der Waals surface area (Å²) in [5.74, 6) is 1.01. The van der Waals surface area contributed by atoms with Gasteiger partial charge in [0, 0.05) is 10.4 Å². The quantitative estimate of drug-likeness (QED) is 0.269. The van der Waals surface area contributed by atoms with Gasteiger partial charge in [-0.2, -0.15) is 0 Å². The lowest BCUT2D eigenvalue weighted by Crippen LogP contribution is -2.13. The van der Waals surface area contributed by atoms with Gasteiger partial charge in [-0.3, -0.25) is 4.79 Å². The van der Waals surface area contributed by atoms with E-state index in [1.807, 2.05) is 73.7 Å². The van der Waals surface area contributed by atoms with Crippen molar-refractivity contribution in [2.24, 2.45) is 0 Å². The number of amides is 1. The second-order valence-electron chi connectivity index (χ2n) is 7.39. The molecule has 170 valence electrons. The van der Waals surface area contributed by atoms with Crippen molar-refractivity contribution in [3.63, 3.8) is 0 Å². The molecule has 1 amide bonds. The summed E-state index contributed by atoms with van der Waals surface area (Å²) in [7, 11) is 0. The highest BCUT2D eigenvalue weighted by molar-refractivity contribution is 7.99. The van der Waals surface area contributed by atoms with Crippen LogP contribution in [-0.4, -0.2) is 26.8 Å². The molecule has 0 radical (unpaired) electrons. The molecule has 0 saturated heterocycles. The fourth-order valence-electron chi connectivity index (χ4n) is 3.35. The van der Waals surface area contributed by atoms with Crippen molar-refractivity contribution in [2.45, 2.75) is 18.8 Å². The van der Waals surface area contributed by atoms with Gasteiger partial charge >= 0.3 is 0 Å². The number of fused-ring (bicyclic) bond motifs is 1. The molecule has 5 rings (SSSR count). The number of rotatable bonds is 8. The zero-order valence-electron chi connectivity index (χ0n) is 18.2. The number of thiazole rings is 1. The van der Waals surface area contributed by atoms with Crippen LogP contribution in [0.2, 0.25) is 0 Å². The van der Waals surface area contributed by atoms with E-state index in [0.717, 1.165) is 32.7 Å². The molecule has 2 aromatic heterocycles. The maximum Gasteiger partial charge on any atom is 0.277 e. The lowest BCUT2D eigenvalue weighted by atomic mass is 10.1. The average Bonchev–Trinajstić information content (AvgIpc) is 3.47. The summed E-state index contributed by atoms with van der Waals surface area (Å²) in [6, 6.07) is 23.8. The topological polar surface area (TPSA) is 90.1 Å². The number of hydrogen-bond donors (Lipinski definition) is 1. The first-order valence-corrected chi connectivity index (χ1v) is 12.3. The van der Waals surface area contributed by atoms with E-state index in [4.69, 9.17) is 9.15 Å². The summed E-state index contributed by atoms with van der Waals surface area (Å²) < 4.78 is 11.4. The molecule has 0 aliphatic rings. The molecular formula is C25H20N4O3S2. The van der Waals surface area contributed by atoms with Crippen molar-refractivity contribution in [3.8, 4) is 17.0 Å². The lowest BCUT2D eigenvalue weighted by molar-refractivity contribution is -0.113. The molecule has 0 atom stereocenters. The van der Waals surface area contributed by atoms with Gasteiger partial charge in [-0.15, -0.1) is 21.5 Å². The lowest BCUT2D eigenvalue weighted by Gasteiger charge is -2.04. The highest BCUT2D eigenvalue weighted by Gasteiger charge is 2.14. The summed E-state index contributed by atoms with van der Waals surface area (Å²) in [5, 5.41) is 14.0. The van der Waals surface area contributed by atoms with E-state index >= 15 is 0 Å². The molecule has 5 aromatic rings. The Morgan fingerprint density at radius 3 is 2.68 bits per heavy atom. The minimum absolute atomic E-state index is 0.131. The predicted octanol–water partition coefficient (Wildman–Crippen LogP) is 5.96. The van der Waals surface area contributed by atoms with Gasteiger partial charge < -0.3 is 14.5 Å². The number of ether oxygens (including phenoxy) is 1. The van der Waals surface area contributed by atoms with Crippen LogP contribution in [0.25, 0.3) is 22.0 Å². The highest BCUT2D eigenvalue weighted by Crippen LogP contribution is 2.30. The largest absolute Gasteiger partial charge is 0.484 e. The van der Waals surface area contributed by atoms with Crippen LogP contribution in [0.1, 0.15) is 10.8 Å². The van der Waals surface area contributed by atoms with Crippen LogP contribution in [0.15, 0.2) is 82.4 Å². The number of carbonyl (C=O) groups excluding carboxylic acids is 1. The van der Waals surface area contributed by atoms with Gasteiger partial charge in [0.1, 0.15) is 5.75 Å². The van der Waals surface area contributed by atoms with Crippen LogP contribution >= 0.6 is 23.1 Å². The van der Waals surface area contributed by atoms with Crippen LogP contribution in [0.5, 0.6) is 5.75 Å². The smallest absolute Gasteiger partial charge is 0.277 e. The van der Waals surface area contributed by atoms with Gasteiger partial charge in [0.15, 0.2) is 11.7 Å². The van der Waals surface area contributed by atoms with Gasteiger partial charge in [-0.1, -0.05) is 72.4 Å². The first-order chi connectivity index (χ1) is 16.6. The molecule has 3 aromatic carbocycles. The van der Waals surface area contributed by atoms with Crippen LogP contribution in [0, 0.1) is 6.92 Å². The molecule has 0 fully saturated rings. The maximum absolute atomic E-state index is 12.4. The molecule has 0 spiro atoms. The fourth-order valence-corrected chi connectivity index (χ4v) is 4.79. The number of aryl methyl sites for hydroxylation is 1. The summed E-state index contributed by atoms with van der Waals surface area (Å²) in [5.41, 5.74) is 1.90. The van der Waals surface area contributed by atoms with Crippen molar-refractivity contribution in [2.75, 3.05) is 11.1 Å². The van der Waals surface area contributed by atoms with Crippen LogP contribution in [-0.2, 0) is 11.4 Å². The standard InChI is InChI=1S/C25H20N4O3S2/c1-16-23(18-8-3-2-4-9-18)27-24(34-16)26-21(30)15-33-25-29-28-22(32-25)14-31-20-12-11-17-7-5-6-10-19(17)13-20/h2-13H,14-15H2,1H3,(H,26,27,30). The zero-order valence-corrected chi connectivity index (χ0v) is 19.9. The van der Waals surface area contributed by atoms with Gasteiger partial charge in [0.25, 0.3) is 11.1 Å². The van der Waals surface area contributed by atoms with E-state index in [-0.39, 0.29) is 18.3 Å². The number of aromatic nitrogens is 3. The third-order valence-corrected chi connectivity index (χ3v) is 6.65. The second kappa shape index (κ2) is 10.1. The van der Waals surface area contributed by atoms with Crippen molar-refractivity contribution < 1.29 is 13.9 Å². The number of hydrogen-bond acceptors (Lipinski definition) is 8. The summed E-state index contributed by atoms with van der Waals surface area (Å²) in [6.07, 6.45) is 0. The first-order valence-electron chi connectivity index (χ1n) is 10.5. The Labute approximate surface area is 204 Å². The molecule has 7 nitrogen and oxygen atoms in total. The Hall–Kier alpha value is -3.69. The third kappa shape index (κ3) is 5.27. The molecule has 0 aliphatic carbocycles. The minimum atomic E-state index is -0.189. The van der Waals surface area contributed by atoms with Crippen molar-refractivity contribution in [1.29, 1.82) is 0 Å². The molecule has 34 heavy (non-hydrogen) atoms. The number of carbonyl (C=O) groups is 1. The number of benzene rings is 3. The van der Waals surface area contributed by atoms with E-state index in [9.17, 15) is 4.79 Å². The summed E-state index contributed by atoms with van der Waals surface area (Å²) in [6.45, 7) is 2.14. The molecule has 0 unspecified atom stereocenters. The number of anilines is 1. The normalized spacial score (nSPS) is 11.0. The highest BCUT2D eigenvalue weighted by atomic mass is 32.2. The van der Waals surface area contributed by atoms with E-state index in [0.29, 0.717) is 16.2 Å². The predicted molar refractivity (Wildman–Crippen MR) is 134 cm³/mol. The molecule has 0 aliphatic heterocycles. The van der Waals surface area contributed by atoms with Gasteiger partial charge in [0.05, 0.1) is 11.4 Å². The molecule has 9 heteroatoms. The van der Waals surface area contributed by atoms with E-state index in [2.05, 4.69) is 26.6 Å². The zero-order chi connectivity index (χ0) is 23.3. The average molecular weight is 489 g/mol. The van der Waals surface area contributed by atoms with E-state index in [1.165, 1.54) is 23.1 Å². The fraction of sp³-hybridized carbons (Fsp3) is 0.120. The van der Waals surface area contributed by atoms with Crippen LogP contribution < -0.4 is 10.1 Å². The van der Waals surface area contributed by atoms with E-state index < -0.39 is 0 Å². The van der Waals surface area contributed by atoms with Gasteiger partial charge in [-0.05, 0) is 29.8 Å². The summed E-state index contributed by atoms with van der Waals surface area (Å²) in [4.78, 5) is 18.0. The Kier molecular flexibility index (Phi) is 6.55. The van der Waals surface area contributed by atoms with Crippen LogP contribution in [0.3, 0.4) is 0 Å². The van der Waals surface area contributed by atoms with Crippen molar-refractivity contribution in [3.05, 3.63) is 83.6 Å². The Balaban J connectivity index is 1.13. The molecular weight excluding hydrogens is 468 g/mol. The van der Waals surface area contributed by atoms with Crippen molar-refractivity contribution >= 4 is 44.9 Å². The number of thioether (sulfide) groups is 1. The van der Waals surface area contributed by atoms with Gasteiger partial charge in [-0.25, -0.2) is 4.98 Å². The Morgan fingerprint density at radius 2 is 1.82 bits per heavy atom. The van der Waals surface area contributed by atoms with E-state index in [1.54, 1.807) is 0 Å². The second-order valence-corrected chi connectivity index (χ2v) is 9.52. The first kappa shape index (κ1) is 22.1. The van der Waals surface area contributed by atoms with Crippen molar-refractivity contribution in [1.82, 2.24) is 15.2 Å². The number of nitrogens with zero attached hydrogens (tertiary/aromatic N) is 3. The SMILES string of the molecule is Cc1sc(NC(=O)CSc2nnc(COc3ccc4ccccc4c3)o2)nc1-c1ccccc1. The Morgan fingerprint density at radius 1 is 1.03 bits per heavy atom. The molecule has 1 N–H and O–H groups in total. The molecule has 0 bridgehead atoms. The third-order valence-electron chi connectivity index (χ3n) is 4.95. The Bertz CT molecular complexity index is 1430.